The number of carboxylic acids is 1. The van der Waals surface area contributed by atoms with Crippen LogP contribution >= 0.6 is 0 Å². The van der Waals surface area contributed by atoms with Gasteiger partial charge >= 0.3 is 5.97 Å². The van der Waals surface area contributed by atoms with Gasteiger partial charge in [-0.25, -0.2) is 9.18 Å². The highest BCUT2D eigenvalue weighted by Crippen LogP contribution is 2.27. The summed E-state index contributed by atoms with van der Waals surface area (Å²) in [7, 11) is 0. The van der Waals surface area contributed by atoms with E-state index in [4.69, 9.17) is 9.52 Å². The zero-order valence-corrected chi connectivity index (χ0v) is 12.7. The van der Waals surface area contributed by atoms with E-state index in [1.807, 2.05) is 0 Å². The molecule has 1 aliphatic rings. The van der Waals surface area contributed by atoms with Crippen LogP contribution in [0.3, 0.4) is 0 Å². The summed E-state index contributed by atoms with van der Waals surface area (Å²) >= 11 is 0. The van der Waals surface area contributed by atoms with Crippen molar-refractivity contribution in [1.29, 1.82) is 0 Å². The number of aliphatic hydroxyl groups is 1. The van der Waals surface area contributed by atoms with Crippen molar-refractivity contribution in [2.75, 3.05) is 13.1 Å². The highest BCUT2D eigenvalue weighted by molar-refractivity contribution is 5.92. The lowest BCUT2D eigenvalue weighted by Gasteiger charge is -2.34. The first-order valence-corrected chi connectivity index (χ1v) is 7.50. The number of piperidine rings is 1. The Morgan fingerprint density at radius 3 is 2.42 bits per heavy atom. The summed E-state index contributed by atoms with van der Waals surface area (Å²) in [6.45, 7) is 0.217. The fourth-order valence-corrected chi connectivity index (χ4v) is 2.71. The summed E-state index contributed by atoms with van der Waals surface area (Å²) in [6.07, 6.45) is -0.0933. The highest BCUT2D eigenvalue weighted by Gasteiger charge is 2.40. The van der Waals surface area contributed by atoms with Gasteiger partial charge in [0.2, 0.25) is 0 Å². The van der Waals surface area contributed by atoms with Crippen molar-refractivity contribution in [2.45, 2.75) is 18.4 Å². The van der Waals surface area contributed by atoms with Crippen molar-refractivity contribution < 1.29 is 28.6 Å². The molecule has 0 atom stereocenters. The van der Waals surface area contributed by atoms with E-state index in [-0.39, 0.29) is 43.0 Å². The number of carbonyl (C=O) groups excluding carboxylic acids is 1. The summed E-state index contributed by atoms with van der Waals surface area (Å²) in [5.41, 5.74) is -1.53. The molecule has 0 bridgehead atoms. The van der Waals surface area contributed by atoms with Gasteiger partial charge in [0.25, 0.3) is 5.91 Å². The van der Waals surface area contributed by atoms with Gasteiger partial charge in [-0.2, -0.15) is 0 Å². The van der Waals surface area contributed by atoms with Gasteiger partial charge in [0.05, 0.1) is 5.56 Å². The number of carbonyl (C=O) groups is 2. The Balaban J connectivity index is 1.74. The summed E-state index contributed by atoms with van der Waals surface area (Å²) in [5, 5.41) is 18.9. The summed E-state index contributed by atoms with van der Waals surface area (Å²) < 4.78 is 19.2. The second kappa shape index (κ2) is 6.09. The molecule has 24 heavy (non-hydrogen) atoms. The van der Waals surface area contributed by atoms with E-state index >= 15 is 0 Å². The molecule has 7 heteroatoms. The van der Waals surface area contributed by atoms with E-state index in [0.29, 0.717) is 0 Å². The number of benzene rings is 1. The summed E-state index contributed by atoms with van der Waals surface area (Å²) in [4.78, 5) is 24.8. The SMILES string of the molecule is O=C(c1ccc(-c2ccccc2F)o1)N1CCC(O)(C(=O)O)CC1. The van der Waals surface area contributed by atoms with Gasteiger partial charge in [0, 0.05) is 25.9 Å². The molecule has 0 spiro atoms. The topological polar surface area (TPSA) is 91.0 Å². The Bertz CT molecular complexity index is 777. The van der Waals surface area contributed by atoms with Crippen molar-refractivity contribution in [2.24, 2.45) is 0 Å². The number of rotatable bonds is 3. The molecule has 1 aliphatic heterocycles. The fourth-order valence-electron chi connectivity index (χ4n) is 2.71. The monoisotopic (exact) mass is 333 g/mol. The molecule has 2 N–H and O–H groups in total. The van der Waals surface area contributed by atoms with Crippen molar-refractivity contribution in [1.82, 2.24) is 4.90 Å². The smallest absolute Gasteiger partial charge is 0.335 e. The molecular formula is C17H16FNO5. The van der Waals surface area contributed by atoms with Crippen LogP contribution in [0, 0.1) is 5.82 Å². The van der Waals surface area contributed by atoms with Gasteiger partial charge in [0.15, 0.2) is 11.4 Å². The fraction of sp³-hybridized carbons (Fsp3) is 0.294. The van der Waals surface area contributed by atoms with Crippen LogP contribution in [-0.2, 0) is 4.79 Å². The van der Waals surface area contributed by atoms with E-state index in [1.165, 1.54) is 23.1 Å². The van der Waals surface area contributed by atoms with Crippen LogP contribution in [0.2, 0.25) is 0 Å². The second-order valence-electron chi connectivity index (χ2n) is 5.77. The Morgan fingerprint density at radius 2 is 1.79 bits per heavy atom. The number of hydrogen-bond acceptors (Lipinski definition) is 4. The molecule has 3 rings (SSSR count). The van der Waals surface area contributed by atoms with E-state index < -0.39 is 23.3 Å². The van der Waals surface area contributed by atoms with Crippen LogP contribution in [0.25, 0.3) is 11.3 Å². The third-order valence-corrected chi connectivity index (χ3v) is 4.23. The van der Waals surface area contributed by atoms with Crippen molar-refractivity contribution >= 4 is 11.9 Å². The third kappa shape index (κ3) is 2.90. The zero-order chi connectivity index (χ0) is 17.3. The minimum Gasteiger partial charge on any atom is -0.479 e. The van der Waals surface area contributed by atoms with Gasteiger partial charge in [0.1, 0.15) is 11.6 Å². The van der Waals surface area contributed by atoms with E-state index in [2.05, 4.69) is 0 Å². The van der Waals surface area contributed by atoms with Gasteiger partial charge in [-0.3, -0.25) is 4.79 Å². The van der Waals surface area contributed by atoms with Crippen molar-refractivity contribution in [3.05, 3.63) is 48.0 Å². The van der Waals surface area contributed by atoms with Crippen LogP contribution in [0.5, 0.6) is 0 Å². The molecule has 1 saturated heterocycles. The Labute approximate surface area is 137 Å². The standard InChI is InChI=1S/C17H16FNO5/c18-12-4-2-1-3-11(12)13-5-6-14(24-13)15(20)19-9-7-17(23,8-10-19)16(21)22/h1-6,23H,7-10H2,(H,21,22). The molecule has 126 valence electrons. The maximum atomic E-state index is 13.8. The Kier molecular flexibility index (Phi) is 4.11. The molecule has 1 amide bonds. The number of amides is 1. The maximum absolute atomic E-state index is 13.8. The summed E-state index contributed by atoms with van der Waals surface area (Å²) in [5.74, 6) is -1.85. The molecule has 1 fully saturated rings. The number of furan rings is 1. The molecule has 6 nitrogen and oxygen atoms in total. The first-order valence-electron chi connectivity index (χ1n) is 7.50. The number of nitrogens with zero attached hydrogens (tertiary/aromatic N) is 1. The highest BCUT2D eigenvalue weighted by atomic mass is 19.1. The number of likely N-dealkylation sites (tertiary alicyclic amines) is 1. The van der Waals surface area contributed by atoms with Crippen LogP contribution in [-0.4, -0.2) is 45.7 Å². The number of carboxylic acid groups (broad SMARTS) is 1. The predicted molar refractivity (Wildman–Crippen MR) is 81.8 cm³/mol. The average Bonchev–Trinajstić information content (AvgIpc) is 3.05. The number of halogens is 1. The molecule has 1 aromatic heterocycles. The predicted octanol–water partition coefficient (Wildman–Crippen LogP) is 2.14. The molecule has 0 radical (unpaired) electrons. The van der Waals surface area contributed by atoms with Crippen LogP contribution in [0.4, 0.5) is 4.39 Å². The third-order valence-electron chi connectivity index (χ3n) is 4.23. The van der Waals surface area contributed by atoms with Gasteiger partial charge < -0.3 is 19.5 Å². The van der Waals surface area contributed by atoms with E-state index in [0.717, 1.165) is 0 Å². The average molecular weight is 333 g/mol. The van der Waals surface area contributed by atoms with Crippen LogP contribution in [0.1, 0.15) is 23.4 Å². The van der Waals surface area contributed by atoms with Gasteiger partial charge in [-0.15, -0.1) is 0 Å². The largest absolute Gasteiger partial charge is 0.479 e. The molecule has 2 aromatic rings. The molecule has 0 unspecified atom stereocenters. The Hall–Kier alpha value is -2.67. The lowest BCUT2D eigenvalue weighted by atomic mass is 9.91. The zero-order valence-electron chi connectivity index (χ0n) is 12.7. The minimum absolute atomic E-state index is 0.0467. The van der Waals surface area contributed by atoms with Gasteiger partial charge in [-0.1, -0.05) is 12.1 Å². The molecular weight excluding hydrogens is 317 g/mol. The first-order chi connectivity index (χ1) is 11.4. The summed E-state index contributed by atoms with van der Waals surface area (Å²) in [6, 6.07) is 9.06. The normalized spacial score (nSPS) is 16.8. The second-order valence-corrected chi connectivity index (χ2v) is 5.77. The van der Waals surface area contributed by atoms with Crippen molar-refractivity contribution in [3.8, 4) is 11.3 Å². The lowest BCUT2D eigenvalue weighted by molar-refractivity contribution is -0.162. The van der Waals surface area contributed by atoms with E-state index in [1.54, 1.807) is 18.2 Å². The van der Waals surface area contributed by atoms with Gasteiger partial charge in [-0.05, 0) is 24.3 Å². The van der Waals surface area contributed by atoms with Crippen LogP contribution in [0.15, 0.2) is 40.8 Å². The molecule has 0 aliphatic carbocycles. The number of aliphatic carboxylic acids is 1. The molecule has 2 heterocycles. The minimum atomic E-state index is -1.79. The molecule has 0 saturated carbocycles. The first kappa shape index (κ1) is 16.2. The lowest BCUT2D eigenvalue weighted by Crippen LogP contribution is -2.50. The quantitative estimate of drug-likeness (QED) is 0.898. The molecule has 1 aromatic carbocycles. The maximum Gasteiger partial charge on any atom is 0.335 e. The van der Waals surface area contributed by atoms with E-state index in [9.17, 15) is 19.1 Å². The Morgan fingerprint density at radius 1 is 1.12 bits per heavy atom. The van der Waals surface area contributed by atoms with Crippen molar-refractivity contribution in [3.63, 3.8) is 0 Å². The number of hydrogen-bond donors (Lipinski definition) is 2. The van der Waals surface area contributed by atoms with Crippen LogP contribution < -0.4 is 0 Å².